The van der Waals surface area contributed by atoms with Crippen LogP contribution in [0.25, 0.3) is 21.9 Å². The normalized spacial score (nSPS) is 31.7. The fraction of sp³-hybridized carbons (Fsp3) is 0.417. The van der Waals surface area contributed by atoms with E-state index in [0.717, 1.165) is 119 Å². The molecule has 0 saturated carbocycles. The highest BCUT2D eigenvalue weighted by Crippen LogP contribution is 2.47. The van der Waals surface area contributed by atoms with Crippen LogP contribution in [0, 0.1) is 23.7 Å². The predicted octanol–water partition coefficient (Wildman–Crippen LogP) is 7.26. The first-order valence-electron chi connectivity index (χ1n) is 21.0. The van der Waals surface area contributed by atoms with E-state index in [9.17, 15) is 10.2 Å². The van der Waals surface area contributed by atoms with Gasteiger partial charge < -0.3 is 30.3 Å². The van der Waals surface area contributed by atoms with Gasteiger partial charge >= 0.3 is 0 Å². The second kappa shape index (κ2) is 15.0. The highest BCUT2D eigenvalue weighted by molar-refractivity contribution is 5.92. The molecule has 1 aromatic heterocycles. The molecule has 12 rings (SSSR count). The number of aliphatic hydroxyl groups excluding tert-OH is 2. The van der Waals surface area contributed by atoms with Crippen molar-refractivity contribution < 1.29 is 19.7 Å². The smallest absolute Gasteiger partial charge is 0.119 e. The minimum Gasteiger partial charge on any atom is -0.497 e. The minimum atomic E-state index is -0.694. The lowest BCUT2D eigenvalue weighted by atomic mass is 9.72. The topological polar surface area (TPSA) is 115 Å². The fourth-order valence-electron chi connectivity index (χ4n) is 11.2. The van der Waals surface area contributed by atoms with Crippen LogP contribution >= 0.6 is 0 Å². The number of nitrogens with zero attached hydrogens (tertiary/aromatic N) is 4. The zero-order chi connectivity index (χ0) is 39.7. The molecule has 8 aliphatic rings. The summed E-state index contributed by atoms with van der Waals surface area (Å²) >= 11 is 0. The summed E-state index contributed by atoms with van der Waals surface area (Å²) in [5.41, 5.74) is 7.08. The third-order valence-corrected chi connectivity index (χ3v) is 14.4. The number of fused-ring (bicyclic) bond motifs is 9. The third kappa shape index (κ3) is 6.24. The largest absolute Gasteiger partial charge is 0.497 e. The number of methoxy groups -OCH3 is 2. The van der Waals surface area contributed by atoms with E-state index in [1.54, 1.807) is 14.2 Å². The molecule has 10 heteroatoms. The van der Waals surface area contributed by atoms with E-state index in [4.69, 9.17) is 19.7 Å². The van der Waals surface area contributed by atoms with Crippen LogP contribution in [0.5, 0.6) is 11.5 Å². The SMILES string of the molecule is C=CC1CN2CC[C@H]1CC2[C@@H](O)C1=CC(c2nnc(C3C=C([C@H](O)C4C[C@@H]5CCN4CC5C=C)c4cc(OC)ccc4N3)c3ccccc23)Nc2ccc(OC)cc21. The predicted molar refractivity (Wildman–Crippen MR) is 230 cm³/mol. The monoisotopic (exact) mass is 778 g/mol. The highest BCUT2D eigenvalue weighted by atomic mass is 16.5. The molecule has 4 bridgehead atoms. The van der Waals surface area contributed by atoms with Crippen molar-refractivity contribution in [3.05, 3.63) is 121 Å². The van der Waals surface area contributed by atoms with Crippen LogP contribution in [0.2, 0.25) is 0 Å². The molecule has 0 spiro atoms. The summed E-state index contributed by atoms with van der Waals surface area (Å²) in [5, 5.41) is 44.1. The van der Waals surface area contributed by atoms with Gasteiger partial charge in [-0.15, -0.1) is 13.2 Å². The maximum Gasteiger partial charge on any atom is 0.119 e. The molecule has 3 aromatic carbocycles. The van der Waals surface area contributed by atoms with E-state index in [0.29, 0.717) is 23.7 Å². The third-order valence-electron chi connectivity index (χ3n) is 14.4. The first-order valence-corrected chi connectivity index (χ1v) is 21.0. The van der Waals surface area contributed by atoms with Gasteiger partial charge in [0.25, 0.3) is 0 Å². The van der Waals surface area contributed by atoms with Crippen molar-refractivity contribution in [1.82, 2.24) is 20.0 Å². The molecule has 10 nitrogen and oxygen atoms in total. The Morgan fingerprint density at radius 1 is 0.690 bits per heavy atom. The van der Waals surface area contributed by atoms with Gasteiger partial charge in [0, 0.05) is 58.4 Å². The van der Waals surface area contributed by atoms with Crippen molar-refractivity contribution >= 4 is 33.3 Å². The molecule has 0 radical (unpaired) electrons. The summed E-state index contributed by atoms with van der Waals surface area (Å²) in [4.78, 5) is 4.91. The van der Waals surface area contributed by atoms with Crippen molar-refractivity contribution in [3.63, 3.8) is 0 Å². The molecular formula is C48H54N6O4. The summed E-state index contributed by atoms with van der Waals surface area (Å²) in [6.07, 6.45) is 11.3. The van der Waals surface area contributed by atoms with Gasteiger partial charge in [-0.05, 0) is 122 Å². The Bertz CT molecular complexity index is 2160. The summed E-state index contributed by atoms with van der Waals surface area (Å²) in [6.45, 7) is 12.1. The number of ether oxygens (including phenoxy) is 2. The van der Waals surface area contributed by atoms with E-state index < -0.39 is 12.2 Å². The number of rotatable bonds is 10. The lowest BCUT2D eigenvalue weighted by molar-refractivity contribution is -0.0255. The average Bonchev–Trinajstić information content (AvgIpc) is 3.29. The van der Waals surface area contributed by atoms with Crippen LogP contribution in [-0.2, 0) is 0 Å². The van der Waals surface area contributed by atoms with Gasteiger partial charge in [0.15, 0.2) is 0 Å². The number of piperidine rings is 6. The zero-order valence-corrected chi connectivity index (χ0v) is 33.4. The molecule has 300 valence electrons. The van der Waals surface area contributed by atoms with E-state index in [2.05, 4.69) is 70.0 Å². The molecule has 12 atom stereocenters. The van der Waals surface area contributed by atoms with Crippen molar-refractivity contribution in [3.8, 4) is 11.5 Å². The van der Waals surface area contributed by atoms with Crippen LogP contribution < -0.4 is 20.1 Å². The second-order valence-electron chi connectivity index (χ2n) is 17.2. The molecule has 6 fully saturated rings. The molecule has 9 heterocycles. The molecule has 4 N–H and O–H groups in total. The quantitative estimate of drug-likeness (QED) is 0.123. The lowest BCUT2D eigenvalue weighted by Crippen LogP contribution is -2.57. The van der Waals surface area contributed by atoms with Gasteiger partial charge in [-0.2, -0.15) is 10.2 Å². The van der Waals surface area contributed by atoms with Gasteiger partial charge in [0.05, 0.1) is 49.9 Å². The van der Waals surface area contributed by atoms with Crippen LogP contribution in [-0.4, -0.2) is 94.9 Å². The highest BCUT2D eigenvalue weighted by Gasteiger charge is 2.45. The van der Waals surface area contributed by atoms with Crippen molar-refractivity contribution in [2.24, 2.45) is 23.7 Å². The van der Waals surface area contributed by atoms with Crippen molar-refractivity contribution in [2.45, 2.75) is 62.1 Å². The van der Waals surface area contributed by atoms with E-state index in [-0.39, 0.29) is 24.2 Å². The Kier molecular flexibility index (Phi) is 9.63. The number of anilines is 2. The average molecular weight is 779 g/mol. The number of aromatic nitrogens is 2. The molecule has 6 saturated heterocycles. The molecule has 58 heavy (non-hydrogen) atoms. The van der Waals surface area contributed by atoms with Gasteiger partial charge in [0.2, 0.25) is 0 Å². The fourth-order valence-corrected chi connectivity index (χ4v) is 11.2. The van der Waals surface area contributed by atoms with E-state index >= 15 is 0 Å². The van der Waals surface area contributed by atoms with Crippen molar-refractivity contribution in [2.75, 3.05) is 51.0 Å². The maximum atomic E-state index is 12.3. The Morgan fingerprint density at radius 3 is 1.52 bits per heavy atom. The Hall–Kier alpha value is -5.00. The summed E-state index contributed by atoms with van der Waals surface area (Å²) in [6, 6.07) is 19.7. The van der Waals surface area contributed by atoms with Gasteiger partial charge in [0.1, 0.15) is 11.5 Å². The van der Waals surface area contributed by atoms with Crippen LogP contribution in [0.3, 0.4) is 0 Å². The lowest BCUT2D eigenvalue weighted by Gasteiger charge is -2.51. The van der Waals surface area contributed by atoms with Gasteiger partial charge in [-0.1, -0.05) is 36.4 Å². The summed E-state index contributed by atoms with van der Waals surface area (Å²) in [7, 11) is 3.35. The Balaban J connectivity index is 1.03. The minimum absolute atomic E-state index is 0.0183. The molecule has 8 unspecified atom stereocenters. The number of aliphatic hydroxyl groups is 2. The standard InChI is InChI=1S/C48H54N6O4/c1-5-27-25-53-17-15-29(27)19-43(53)47(55)37-23-41(49-39-13-11-31(57-3)21-35(37)39)45-33-9-7-8-10-34(33)46(52-51-45)42-24-38(36-22-32(58-4)12-14-40(36)50-42)48(56)44-20-30-16-18-54(44)26-28(30)6-2/h5-14,21-24,27-30,41-44,47-50,55-56H,1-2,15-20,25-26H2,3-4H3/t27?,28?,29-,30-,41?,42?,43?,44?,47-,48-/m0/s1. The van der Waals surface area contributed by atoms with Crippen LogP contribution in [0.4, 0.5) is 11.4 Å². The van der Waals surface area contributed by atoms with E-state index in [1.807, 2.05) is 48.5 Å². The molecule has 8 aliphatic heterocycles. The summed E-state index contributed by atoms with van der Waals surface area (Å²) in [5.74, 6) is 3.49. The molecule has 0 aliphatic carbocycles. The molecule has 0 amide bonds. The number of nitrogens with one attached hydrogen (secondary N) is 2. The molecule has 4 aromatic rings. The zero-order valence-electron chi connectivity index (χ0n) is 33.4. The number of hydrogen-bond acceptors (Lipinski definition) is 10. The first-order chi connectivity index (χ1) is 28.3. The number of hydrogen-bond donors (Lipinski definition) is 4. The summed E-state index contributed by atoms with van der Waals surface area (Å²) < 4.78 is 11.3. The number of benzene rings is 3. The first kappa shape index (κ1) is 37.3. The van der Waals surface area contributed by atoms with Crippen LogP contribution in [0.1, 0.15) is 60.3 Å². The van der Waals surface area contributed by atoms with Gasteiger partial charge in [-0.25, -0.2) is 0 Å². The Labute approximate surface area is 340 Å². The van der Waals surface area contributed by atoms with E-state index in [1.165, 1.54) is 0 Å². The van der Waals surface area contributed by atoms with Crippen LogP contribution in [0.15, 0.2) is 98.1 Å². The maximum absolute atomic E-state index is 12.3. The Morgan fingerprint density at radius 2 is 1.14 bits per heavy atom. The van der Waals surface area contributed by atoms with Crippen molar-refractivity contribution in [1.29, 1.82) is 0 Å². The van der Waals surface area contributed by atoms with Gasteiger partial charge in [-0.3, -0.25) is 9.80 Å². The second-order valence-corrected chi connectivity index (χ2v) is 17.2. The molecular weight excluding hydrogens is 725 g/mol.